The van der Waals surface area contributed by atoms with E-state index in [9.17, 15) is 0 Å². The van der Waals surface area contributed by atoms with Gasteiger partial charge in [0.1, 0.15) is 0 Å². The Labute approximate surface area is 196 Å². The molecular weight excluding hydrogens is 449 g/mol. The van der Waals surface area contributed by atoms with E-state index >= 15 is 0 Å². The molecule has 0 aliphatic heterocycles. The molecule has 0 N–H and O–H groups in total. The molecular formula is C24H22S5. The first-order valence-corrected chi connectivity index (χ1v) is 13.1. The van der Waals surface area contributed by atoms with Crippen LogP contribution in [0.3, 0.4) is 0 Å². The summed E-state index contributed by atoms with van der Waals surface area (Å²) in [5, 5.41) is 0. The van der Waals surface area contributed by atoms with E-state index in [0.717, 1.165) is 0 Å². The van der Waals surface area contributed by atoms with Crippen LogP contribution in [0.1, 0.15) is 0 Å². The minimum absolute atomic E-state index is 0. The van der Waals surface area contributed by atoms with Crippen LogP contribution in [-0.4, -0.2) is 0 Å². The van der Waals surface area contributed by atoms with Crippen molar-refractivity contribution in [2.45, 2.75) is 19.6 Å². The average Bonchev–Trinajstić information content (AvgIpc) is 2.80. The molecule has 148 valence electrons. The van der Waals surface area contributed by atoms with Crippen molar-refractivity contribution in [2.24, 2.45) is 0 Å². The summed E-state index contributed by atoms with van der Waals surface area (Å²) in [4.78, 5) is 5.17. The minimum Gasteiger partial charge on any atom is -0.197 e. The van der Waals surface area contributed by atoms with Crippen molar-refractivity contribution in [3.63, 3.8) is 0 Å². The molecule has 0 aliphatic rings. The number of benzene rings is 4. The van der Waals surface area contributed by atoms with Gasteiger partial charge in [-0.25, -0.2) is 0 Å². The lowest BCUT2D eigenvalue weighted by atomic mass is 10.4. The van der Waals surface area contributed by atoms with Gasteiger partial charge in [-0.1, -0.05) is 116 Å². The van der Waals surface area contributed by atoms with Crippen molar-refractivity contribution in [3.8, 4) is 0 Å². The van der Waals surface area contributed by atoms with Crippen molar-refractivity contribution < 1.29 is 0 Å². The maximum absolute atomic E-state index is 2.13. The summed E-state index contributed by atoms with van der Waals surface area (Å²) in [5.41, 5.74) is 0. The number of hydrogen-bond donors (Lipinski definition) is 0. The van der Waals surface area contributed by atoms with E-state index in [1.807, 2.05) is 24.3 Å². The summed E-state index contributed by atoms with van der Waals surface area (Å²) in [7, 11) is 7.16. The van der Waals surface area contributed by atoms with Crippen LogP contribution in [0, 0.1) is 0 Å². The van der Waals surface area contributed by atoms with Gasteiger partial charge in [0.05, 0.1) is 0 Å². The molecule has 0 bridgehead atoms. The van der Waals surface area contributed by atoms with Crippen LogP contribution in [0.2, 0.25) is 0 Å². The van der Waals surface area contributed by atoms with Crippen molar-refractivity contribution in [1.29, 1.82) is 0 Å². The van der Waals surface area contributed by atoms with Gasteiger partial charge in [-0.05, 0) is 48.5 Å². The second kappa shape index (κ2) is 14.6. The van der Waals surface area contributed by atoms with Gasteiger partial charge in [-0.2, -0.15) is 13.5 Å². The fourth-order valence-electron chi connectivity index (χ4n) is 2.10. The van der Waals surface area contributed by atoms with Crippen LogP contribution in [0.5, 0.6) is 0 Å². The molecule has 4 aromatic rings. The van der Waals surface area contributed by atoms with Crippen molar-refractivity contribution in [3.05, 3.63) is 121 Å². The molecule has 0 aliphatic carbocycles. The highest BCUT2D eigenvalue weighted by atomic mass is 33.1. The molecule has 0 aromatic heterocycles. The average molecular weight is 471 g/mol. The van der Waals surface area contributed by atoms with E-state index in [1.165, 1.54) is 19.6 Å². The molecule has 0 unspecified atom stereocenters. The quantitative estimate of drug-likeness (QED) is 0.258. The Bertz CT molecular complexity index is 743. The first-order valence-electron chi connectivity index (χ1n) is 8.79. The lowest BCUT2D eigenvalue weighted by Crippen LogP contribution is -1.67. The predicted molar refractivity (Wildman–Crippen MR) is 140 cm³/mol. The van der Waals surface area contributed by atoms with Gasteiger partial charge in [-0.3, -0.25) is 0 Å². The zero-order valence-electron chi connectivity index (χ0n) is 15.7. The fourth-order valence-corrected chi connectivity index (χ4v) is 6.04. The smallest absolute Gasteiger partial charge is 0.0186 e. The first kappa shape index (κ1) is 23.9. The molecule has 5 heteroatoms. The highest BCUT2D eigenvalue weighted by molar-refractivity contribution is 8.77. The Balaban J connectivity index is 0.000000200. The Morgan fingerprint density at radius 2 is 0.448 bits per heavy atom. The molecule has 0 radical (unpaired) electrons. The Morgan fingerprint density at radius 1 is 0.276 bits per heavy atom. The monoisotopic (exact) mass is 470 g/mol. The third-order valence-electron chi connectivity index (χ3n) is 3.44. The largest absolute Gasteiger partial charge is 0.197 e. The summed E-state index contributed by atoms with van der Waals surface area (Å²) >= 11 is 0. The molecule has 0 saturated heterocycles. The molecule has 0 nitrogen and oxygen atoms in total. The topological polar surface area (TPSA) is 0 Å². The van der Waals surface area contributed by atoms with E-state index < -0.39 is 0 Å². The van der Waals surface area contributed by atoms with Gasteiger partial charge in [0.25, 0.3) is 0 Å². The zero-order chi connectivity index (χ0) is 19.3. The van der Waals surface area contributed by atoms with Gasteiger partial charge in [0.2, 0.25) is 0 Å². The van der Waals surface area contributed by atoms with E-state index in [1.54, 1.807) is 43.2 Å². The lowest BCUT2D eigenvalue weighted by Gasteiger charge is -1.99. The Kier molecular flexibility index (Phi) is 12.0. The van der Waals surface area contributed by atoms with E-state index in [2.05, 4.69) is 97.1 Å². The zero-order valence-corrected chi connectivity index (χ0v) is 19.9. The Hall–Kier alpha value is -1.37. The van der Waals surface area contributed by atoms with Crippen molar-refractivity contribution >= 4 is 56.7 Å². The molecule has 0 amide bonds. The maximum atomic E-state index is 2.13. The third-order valence-corrected chi connectivity index (χ3v) is 8.28. The summed E-state index contributed by atoms with van der Waals surface area (Å²) in [6, 6.07) is 41.7. The molecule has 4 rings (SSSR count). The predicted octanol–water partition coefficient (Wildman–Crippen LogP) is 9.08. The van der Waals surface area contributed by atoms with E-state index in [-0.39, 0.29) is 13.5 Å². The van der Waals surface area contributed by atoms with E-state index in [0.29, 0.717) is 0 Å². The van der Waals surface area contributed by atoms with Crippen molar-refractivity contribution in [2.75, 3.05) is 0 Å². The molecule has 0 fully saturated rings. The van der Waals surface area contributed by atoms with Crippen LogP contribution in [0.4, 0.5) is 0 Å². The second-order valence-electron chi connectivity index (χ2n) is 5.59. The second-order valence-corrected chi connectivity index (χ2v) is 10.1. The normalized spacial score (nSPS) is 9.66. The summed E-state index contributed by atoms with van der Waals surface area (Å²) in [6.45, 7) is 0. The number of hydrogen-bond acceptors (Lipinski definition) is 4. The summed E-state index contributed by atoms with van der Waals surface area (Å²) < 4.78 is 0. The fraction of sp³-hybridized carbons (Fsp3) is 0. The van der Waals surface area contributed by atoms with Crippen LogP contribution >= 0.6 is 56.7 Å². The van der Waals surface area contributed by atoms with Gasteiger partial charge in [0.15, 0.2) is 0 Å². The lowest BCUT2D eigenvalue weighted by molar-refractivity contribution is 1.47. The van der Waals surface area contributed by atoms with Gasteiger partial charge in [0, 0.05) is 19.6 Å². The molecule has 0 atom stereocenters. The standard InChI is InChI=1S/2C12H10S2.H2S/c2*1-3-7-11(8-4-1)13-14-12-9-5-2-6-10-12;/h2*1-10H;1H2. The summed E-state index contributed by atoms with van der Waals surface area (Å²) in [5.74, 6) is 0. The first-order chi connectivity index (χ1) is 13.9. The Morgan fingerprint density at radius 3 is 0.621 bits per heavy atom. The van der Waals surface area contributed by atoms with Gasteiger partial charge in [-0.15, -0.1) is 0 Å². The maximum Gasteiger partial charge on any atom is 0.0186 e. The highest BCUT2D eigenvalue weighted by Crippen LogP contribution is 2.37. The summed E-state index contributed by atoms with van der Waals surface area (Å²) in [6.07, 6.45) is 0. The highest BCUT2D eigenvalue weighted by Gasteiger charge is 1.95. The van der Waals surface area contributed by atoms with Crippen LogP contribution < -0.4 is 0 Å². The van der Waals surface area contributed by atoms with Crippen LogP contribution in [0.25, 0.3) is 0 Å². The van der Waals surface area contributed by atoms with Crippen LogP contribution in [0.15, 0.2) is 141 Å². The molecule has 0 spiro atoms. The molecule has 0 saturated carbocycles. The van der Waals surface area contributed by atoms with Gasteiger partial charge >= 0.3 is 0 Å². The molecule has 4 aromatic carbocycles. The van der Waals surface area contributed by atoms with Gasteiger partial charge < -0.3 is 0 Å². The third kappa shape index (κ3) is 9.79. The van der Waals surface area contributed by atoms with Crippen molar-refractivity contribution in [1.82, 2.24) is 0 Å². The van der Waals surface area contributed by atoms with E-state index in [4.69, 9.17) is 0 Å². The molecule has 29 heavy (non-hydrogen) atoms. The SMILES string of the molecule is S.c1ccc(SSc2ccccc2)cc1.c1ccc(SSc2ccccc2)cc1. The number of rotatable bonds is 6. The molecule has 0 heterocycles. The van der Waals surface area contributed by atoms with Crippen LogP contribution in [-0.2, 0) is 0 Å². The minimum atomic E-state index is 0.